The van der Waals surface area contributed by atoms with E-state index in [-0.39, 0.29) is 23.0 Å². The molecule has 5 nitrogen and oxygen atoms in total. The van der Waals surface area contributed by atoms with Crippen LogP contribution in [0.2, 0.25) is 0 Å². The van der Waals surface area contributed by atoms with Crippen molar-refractivity contribution in [2.75, 3.05) is 26.6 Å². The lowest BCUT2D eigenvalue weighted by molar-refractivity contribution is 0.590. The van der Waals surface area contributed by atoms with Gasteiger partial charge < -0.3 is 24.2 Å². The highest BCUT2D eigenvalue weighted by Crippen LogP contribution is 2.67. The Balaban J connectivity index is 0.903. The SMILES string of the molecule is CN1c2ccc(C(C)(C)C)cc2B2c3cc(C(C)(C)C)ccc3N(c3ccc(C(C)(C)C)cc3)c3cc(-n4c5c(N6c7ccccc7C7(c8ccccc8-c8ccccc87)c7ccccc76)cccc5c5cccc(N6c7ccccc7C7(c8ccccc8-c8ccccc87)c7ccccc76)c54)cc1c32. The largest absolute Gasteiger partial charge is 0.345 e. The molecule has 5 heterocycles. The van der Waals surface area contributed by atoms with Crippen LogP contribution >= 0.6 is 0 Å². The van der Waals surface area contributed by atoms with Crippen molar-refractivity contribution in [3.05, 3.63) is 365 Å². The highest BCUT2D eigenvalue weighted by atomic mass is 15.2. The quantitative estimate of drug-likeness (QED) is 0.163. The molecule has 504 valence electrons. The summed E-state index contributed by atoms with van der Waals surface area (Å²) in [6, 6.07) is 118. The van der Waals surface area contributed by atoms with Gasteiger partial charge in [0.1, 0.15) is 0 Å². The minimum atomic E-state index is -0.595. The molecule has 2 spiro atoms. The summed E-state index contributed by atoms with van der Waals surface area (Å²) in [5.74, 6) is 0. The van der Waals surface area contributed by atoms with Crippen LogP contribution in [0.1, 0.15) is 124 Å². The second-order valence-corrected chi connectivity index (χ2v) is 33.2. The van der Waals surface area contributed by atoms with Crippen LogP contribution in [0.5, 0.6) is 0 Å². The molecule has 0 unspecified atom stereocenters. The maximum Gasteiger partial charge on any atom is 0.252 e. The molecule has 0 saturated carbocycles. The van der Waals surface area contributed by atoms with E-state index >= 15 is 0 Å². The van der Waals surface area contributed by atoms with Gasteiger partial charge >= 0.3 is 0 Å². The molecule has 4 aliphatic heterocycles. The molecular weight excluding hydrogens is 1270 g/mol. The fourth-order valence-electron chi connectivity index (χ4n) is 20.0. The molecule has 0 radical (unpaired) electrons. The molecule has 14 aromatic carbocycles. The third-order valence-corrected chi connectivity index (χ3v) is 24.6. The van der Waals surface area contributed by atoms with Gasteiger partial charge in [0.05, 0.1) is 61.7 Å². The molecule has 6 heteroatoms. The van der Waals surface area contributed by atoms with E-state index in [1.807, 2.05) is 0 Å². The van der Waals surface area contributed by atoms with Gasteiger partial charge in [-0.2, -0.15) is 0 Å². The lowest BCUT2D eigenvalue weighted by atomic mass is 9.33. The first-order valence-electron chi connectivity index (χ1n) is 37.5. The number of aromatic nitrogens is 1. The summed E-state index contributed by atoms with van der Waals surface area (Å²) in [6.45, 7) is 21.0. The van der Waals surface area contributed by atoms with E-state index in [0.717, 1.165) is 67.3 Å². The highest BCUT2D eigenvalue weighted by Gasteiger charge is 2.54. The van der Waals surface area contributed by atoms with E-state index < -0.39 is 10.8 Å². The minimum Gasteiger partial charge on any atom is -0.345 e. The Morgan fingerprint density at radius 1 is 0.257 bits per heavy atom. The maximum atomic E-state index is 2.71. The Kier molecular flexibility index (Phi) is 12.7. The summed E-state index contributed by atoms with van der Waals surface area (Å²) >= 11 is 0. The van der Waals surface area contributed by atoms with Crippen LogP contribution in [-0.2, 0) is 27.1 Å². The van der Waals surface area contributed by atoms with Crippen molar-refractivity contribution in [2.45, 2.75) is 89.4 Å². The number of benzene rings is 14. The lowest BCUT2D eigenvalue weighted by Gasteiger charge is -2.45. The number of hydrogen-bond acceptors (Lipinski definition) is 4. The molecule has 0 atom stereocenters. The number of anilines is 11. The Labute approximate surface area is 616 Å². The number of hydrogen-bond donors (Lipinski definition) is 0. The molecule has 6 aliphatic rings. The van der Waals surface area contributed by atoms with Crippen molar-refractivity contribution in [1.29, 1.82) is 0 Å². The Bertz CT molecular complexity index is 5800. The topological polar surface area (TPSA) is 17.9 Å². The Morgan fingerprint density at radius 2 is 0.590 bits per heavy atom. The second kappa shape index (κ2) is 21.6. The first-order valence-corrected chi connectivity index (χ1v) is 37.5. The molecule has 0 saturated heterocycles. The smallest absolute Gasteiger partial charge is 0.252 e. The minimum absolute atomic E-state index is 0.0443. The van der Waals surface area contributed by atoms with Crippen LogP contribution in [0.15, 0.2) is 303 Å². The zero-order chi connectivity index (χ0) is 70.9. The molecule has 15 aromatic rings. The standard InChI is InChI=1S/C99H80BN5/c1-95(2,3)61-49-53-64(54-50-61)102-87-56-52-63(97(7,8)9)58-81(87)100-80-57-62(96(4,5)6)51-55-86(80)101(10)90-59-65(60-91(102)92(90)100)103-93-70(33-27-47-88(93)104-82-43-23-19-39-76(82)98(77-40-20-24-44-83(77)104)72-35-15-11-29-66(72)67-30-12-16-36-73(67)98)71-34-28-48-89(94(71)103)105-84-45-25-21-41-78(84)99(79-42-22-26-46-85(79)105)74-37-17-13-31-68(74)69-32-14-18-38-75(69)99/h11-60H,1-10H3. The van der Waals surface area contributed by atoms with Crippen LogP contribution in [0.3, 0.4) is 0 Å². The molecule has 0 N–H and O–H groups in total. The second-order valence-electron chi connectivity index (χ2n) is 33.2. The van der Waals surface area contributed by atoms with E-state index in [4.69, 9.17) is 0 Å². The summed E-state index contributed by atoms with van der Waals surface area (Å²) < 4.78 is 2.71. The van der Waals surface area contributed by atoms with Crippen LogP contribution < -0.4 is 36.0 Å². The van der Waals surface area contributed by atoms with E-state index in [2.05, 4.69) is 397 Å². The molecule has 0 fully saturated rings. The summed E-state index contributed by atoms with van der Waals surface area (Å²) in [5, 5.41) is 2.33. The van der Waals surface area contributed by atoms with Crippen molar-refractivity contribution in [3.63, 3.8) is 0 Å². The van der Waals surface area contributed by atoms with Gasteiger partial charge in [-0.05, 0) is 189 Å². The zero-order valence-electron chi connectivity index (χ0n) is 61.2. The van der Waals surface area contributed by atoms with Gasteiger partial charge in [-0.25, -0.2) is 0 Å². The predicted octanol–water partition coefficient (Wildman–Crippen LogP) is 23.3. The van der Waals surface area contributed by atoms with Gasteiger partial charge in [0, 0.05) is 46.3 Å². The van der Waals surface area contributed by atoms with Crippen LogP contribution in [0, 0.1) is 0 Å². The van der Waals surface area contributed by atoms with E-state index in [0.29, 0.717) is 0 Å². The predicted molar refractivity (Wildman–Crippen MR) is 442 cm³/mol. The van der Waals surface area contributed by atoms with Crippen LogP contribution in [0.4, 0.5) is 62.6 Å². The Hall–Kier alpha value is -11.9. The Morgan fingerprint density at radius 3 is 0.990 bits per heavy atom. The number of fused-ring (bicyclic) bond motifs is 25. The van der Waals surface area contributed by atoms with Crippen molar-refractivity contribution in [2.24, 2.45) is 0 Å². The molecular formula is C99H80BN5. The monoisotopic (exact) mass is 1350 g/mol. The van der Waals surface area contributed by atoms with Gasteiger partial charge in [0.25, 0.3) is 6.71 Å². The van der Waals surface area contributed by atoms with Gasteiger partial charge in [-0.15, -0.1) is 0 Å². The third kappa shape index (κ3) is 8.20. The van der Waals surface area contributed by atoms with Crippen molar-refractivity contribution >= 4 is 107 Å². The van der Waals surface area contributed by atoms with Gasteiger partial charge in [-0.3, -0.25) is 0 Å². The fraction of sp³-hybridized carbons (Fsp3) is 0.152. The zero-order valence-corrected chi connectivity index (χ0v) is 61.2. The van der Waals surface area contributed by atoms with Gasteiger partial charge in [0.15, 0.2) is 0 Å². The van der Waals surface area contributed by atoms with Crippen LogP contribution in [0.25, 0.3) is 49.7 Å². The summed E-state index contributed by atoms with van der Waals surface area (Å²) in [7, 11) is 2.32. The van der Waals surface area contributed by atoms with E-state index in [1.54, 1.807) is 0 Å². The first-order chi connectivity index (χ1) is 50.9. The number of rotatable bonds is 4. The lowest BCUT2D eigenvalue weighted by Crippen LogP contribution is -2.61. The normalized spacial score (nSPS) is 15.0. The summed E-state index contributed by atoms with van der Waals surface area (Å²) in [4.78, 5) is 10.4. The average Bonchev–Trinajstić information content (AvgIpc) is 1.60. The number of para-hydroxylation sites is 6. The summed E-state index contributed by atoms with van der Waals surface area (Å²) in [5.41, 5.74) is 37.9. The molecule has 1 aromatic heterocycles. The molecule has 2 aliphatic carbocycles. The van der Waals surface area contributed by atoms with Crippen molar-refractivity contribution in [3.8, 4) is 27.9 Å². The summed E-state index contributed by atoms with van der Waals surface area (Å²) in [6.07, 6.45) is 0. The average molecular weight is 1350 g/mol. The molecule has 105 heavy (non-hydrogen) atoms. The highest BCUT2D eigenvalue weighted by molar-refractivity contribution is 7.00. The van der Waals surface area contributed by atoms with Crippen molar-refractivity contribution < 1.29 is 0 Å². The molecule has 0 amide bonds. The molecule has 0 bridgehead atoms. The third-order valence-electron chi connectivity index (χ3n) is 24.6. The molecule has 21 rings (SSSR count). The maximum absolute atomic E-state index is 2.71. The first kappa shape index (κ1) is 61.8. The van der Waals surface area contributed by atoms with Crippen LogP contribution in [-0.4, -0.2) is 18.3 Å². The fourth-order valence-corrected chi connectivity index (χ4v) is 20.0. The van der Waals surface area contributed by atoms with Gasteiger partial charge in [0.2, 0.25) is 0 Å². The van der Waals surface area contributed by atoms with Crippen molar-refractivity contribution in [1.82, 2.24) is 4.57 Å². The number of nitrogens with zero attached hydrogens (tertiary/aromatic N) is 5. The van der Waals surface area contributed by atoms with E-state index in [9.17, 15) is 0 Å². The van der Waals surface area contributed by atoms with Gasteiger partial charge in [-0.1, -0.05) is 293 Å². The van der Waals surface area contributed by atoms with E-state index in [1.165, 1.54) is 123 Å².